The Morgan fingerprint density at radius 3 is 2.71 bits per heavy atom. The third kappa shape index (κ3) is 4.61. The van der Waals surface area contributed by atoms with Gasteiger partial charge in [0, 0.05) is 5.56 Å². The number of nitrogens with zero attached hydrogens (tertiary/aromatic N) is 1. The smallest absolute Gasteiger partial charge is 0.277 e. The highest BCUT2D eigenvalue weighted by Gasteiger charge is 2.04. The average molecular weight is 349 g/mol. The summed E-state index contributed by atoms with van der Waals surface area (Å²) in [7, 11) is 0. The number of hydrazone groups is 1. The van der Waals surface area contributed by atoms with E-state index in [9.17, 15) is 9.90 Å². The number of nitrogens with one attached hydrogen (secondary N) is 1. The van der Waals surface area contributed by atoms with Crippen LogP contribution in [0.2, 0.25) is 0 Å². The lowest BCUT2D eigenvalue weighted by molar-refractivity contribution is -0.123. The van der Waals surface area contributed by atoms with Crippen molar-refractivity contribution < 1.29 is 14.6 Å². The second-order valence-electron chi connectivity index (χ2n) is 4.07. The van der Waals surface area contributed by atoms with Gasteiger partial charge in [0.15, 0.2) is 6.61 Å². The summed E-state index contributed by atoms with van der Waals surface area (Å²) in [5, 5.41) is 13.3. The molecule has 108 valence electrons. The van der Waals surface area contributed by atoms with E-state index in [0.29, 0.717) is 11.3 Å². The summed E-state index contributed by atoms with van der Waals surface area (Å²) in [6.07, 6.45) is 1.37. The Bertz CT molecular complexity index is 659. The summed E-state index contributed by atoms with van der Waals surface area (Å²) in [6.45, 7) is -0.152. The minimum Gasteiger partial charge on any atom is -0.507 e. The molecule has 6 heteroatoms. The van der Waals surface area contributed by atoms with Crippen LogP contribution in [-0.4, -0.2) is 23.8 Å². The topological polar surface area (TPSA) is 70.9 Å². The molecule has 0 heterocycles. The van der Waals surface area contributed by atoms with E-state index in [-0.39, 0.29) is 12.4 Å². The van der Waals surface area contributed by atoms with E-state index in [4.69, 9.17) is 4.74 Å². The van der Waals surface area contributed by atoms with Crippen LogP contribution in [0.25, 0.3) is 0 Å². The van der Waals surface area contributed by atoms with E-state index in [1.807, 2.05) is 18.2 Å². The van der Waals surface area contributed by atoms with E-state index in [1.165, 1.54) is 6.21 Å². The number of hydrogen-bond acceptors (Lipinski definition) is 4. The average Bonchev–Trinajstić information content (AvgIpc) is 2.48. The van der Waals surface area contributed by atoms with Gasteiger partial charge >= 0.3 is 0 Å². The predicted molar refractivity (Wildman–Crippen MR) is 83.5 cm³/mol. The SMILES string of the molecule is O=C(COc1ccccc1Br)NN=Cc1ccccc1O. The second kappa shape index (κ2) is 7.44. The lowest BCUT2D eigenvalue weighted by Crippen LogP contribution is -2.24. The second-order valence-corrected chi connectivity index (χ2v) is 4.93. The number of carbonyl (C=O) groups excluding carboxylic acids is 1. The monoisotopic (exact) mass is 348 g/mol. The molecular formula is C15H13BrN2O3. The van der Waals surface area contributed by atoms with Crippen LogP contribution in [0, 0.1) is 0 Å². The number of ether oxygens (including phenoxy) is 1. The first-order valence-electron chi connectivity index (χ1n) is 6.14. The molecule has 0 radical (unpaired) electrons. The molecule has 0 fully saturated rings. The van der Waals surface area contributed by atoms with Gasteiger partial charge in [0.1, 0.15) is 11.5 Å². The Morgan fingerprint density at radius 2 is 1.95 bits per heavy atom. The fraction of sp³-hybridized carbons (Fsp3) is 0.0667. The highest BCUT2D eigenvalue weighted by atomic mass is 79.9. The number of rotatable bonds is 5. The van der Waals surface area contributed by atoms with Gasteiger partial charge in [-0.1, -0.05) is 24.3 Å². The molecule has 2 aromatic carbocycles. The van der Waals surface area contributed by atoms with Gasteiger partial charge in [0.2, 0.25) is 0 Å². The number of benzene rings is 2. The third-order valence-electron chi connectivity index (χ3n) is 2.53. The molecule has 2 aromatic rings. The van der Waals surface area contributed by atoms with E-state index in [0.717, 1.165) is 4.47 Å². The van der Waals surface area contributed by atoms with Crippen LogP contribution in [0.3, 0.4) is 0 Å². The van der Waals surface area contributed by atoms with Gasteiger partial charge in [-0.2, -0.15) is 5.10 Å². The number of aromatic hydroxyl groups is 1. The number of halogens is 1. The zero-order valence-electron chi connectivity index (χ0n) is 11.0. The van der Waals surface area contributed by atoms with Crippen molar-refractivity contribution in [1.29, 1.82) is 0 Å². The van der Waals surface area contributed by atoms with Crippen molar-refractivity contribution in [3.8, 4) is 11.5 Å². The molecule has 0 saturated heterocycles. The maximum Gasteiger partial charge on any atom is 0.277 e. The maximum atomic E-state index is 11.6. The molecule has 0 aliphatic carbocycles. The number of phenols is 1. The van der Waals surface area contributed by atoms with Crippen LogP contribution in [0.4, 0.5) is 0 Å². The molecule has 0 bridgehead atoms. The lowest BCUT2D eigenvalue weighted by atomic mass is 10.2. The van der Waals surface area contributed by atoms with Gasteiger partial charge in [-0.15, -0.1) is 0 Å². The van der Waals surface area contributed by atoms with E-state index >= 15 is 0 Å². The molecule has 0 unspecified atom stereocenters. The Labute approximate surface area is 130 Å². The summed E-state index contributed by atoms with van der Waals surface area (Å²) in [4.78, 5) is 11.6. The zero-order valence-corrected chi connectivity index (χ0v) is 12.6. The van der Waals surface area contributed by atoms with E-state index < -0.39 is 5.91 Å². The molecule has 2 rings (SSSR count). The molecule has 0 aromatic heterocycles. The van der Waals surface area contributed by atoms with Gasteiger partial charge < -0.3 is 9.84 Å². The maximum absolute atomic E-state index is 11.6. The van der Waals surface area contributed by atoms with Gasteiger partial charge in [0.05, 0.1) is 10.7 Å². The first-order valence-corrected chi connectivity index (χ1v) is 6.93. The number of carbonyl (C=O) groups is 1. The quantitative estimate of drug-likeness (QED) is 0.644. The summed E-state index contributed by atoms with van der Waals surface area (Å²) in [5.74, 6) is 0.287. The number of para-hydroxylation sites is 2. The van der Waals surface area contributed by atoms with Crippen molar-refractivity contribution in [2.24, 2.45) is 5.10 Å². The van der Waals surface area contributed by atoms with Crippen LogP contribution in [0.1, 0.15) is 5.56 Å². The van der Waals surface area contributed by atoms with Crippen molar-refractivity contribution in [2.45, 2.75) is 0 Å². The summed E-state index contributed by atoms with van der Waals surface area (Å²) >= 11 is 3.32. The molecule has 2 N–H and O–H groups in total. The van der Waals surface area contributed by atoms with Gasteiger partial charge in [-0.3, -0.25) is 4.79 Å². The first kappa shape index (κ1) is 15.1. The fourth-order valence-corrected chi connectivity index (χ4v) is 1.91. The Hall–Kier alpha value is -2.34. The Kier molecular flexibility index (Phi) is 5.34. The Morgan fingerprint density at radius 1 is 1.24 bits per heavy atom. The fourth-order valence-electron chi connectivity index (χ4n) is 1.51. The summed E-state index contributed by atoms with van der Waals surface area (Å²) in [5.41, 5.74) is 2.85. The van der Waals surface area contributed by atoms with E-state index in [2.05, 4.69) is 26.5 Å². The minimum atomic E-state index is -0.391. The molecule has 1 amide bonds. The van der Waals surface area contributed by atoms with Gasteiger partial charge in [-0.05, 0) is 40.2 Å². The standard InChI is InChI=1S/C15H13BrN2O3/c16-12-6-2-4-8-14(12)21-10-15(20)18-17-9-11-5-1-3-7-13(11)19/h1-9,19H,10H2,(H,18,20). The highest BCUT2D eigenvalue weighted by Crippen LogP contribution is 2.23. The first-order chi connectivity index (χ1) is 10.2. The predicted octanol–water partition coefficient (Wildman–Crippen LogP) is 2.68. The lowest BCUT2D eigenvalue weighted by Gasteiger charge is -2.06. The van der Waals surface area contributed by atoms with Crippen molar-refractivity contribution >= 4 is 28.1 Å². The number of amides is 1. The number of phenolic OH excluding ortho intramolecular Hbond substituents is 1. The molecule has 21 heavy (non-hydrogen) atoms. The zero-order chi connectivity index (χ0) is 15.1. The van der Waals surface area contributed by atoms with Crippen molar-refractivity contribution in [2.75, 3.05) is 6.61 Å². The van der Waals surface area contributed by atoms with Crippen LogP contribution in [0.5, 0.6) is 11.5 Å². The highest BCUT2D eigenvalue weighted by molar-refractivity contribution is 9.10. The molecule has 0 aliphatic heterocycles. The van der Waals surface area contributed by atoms with Crippen LogP contribution < -0.4 is 10.2 Å². The van der Waals surface area contributed by atoms with Crippen molar-refractivity contribution in [3.63, 3.8) is 0 Å². The molecule has 0 saturated carbocycles. The minimum absolute atomic E-state index is 0.0972. The van der Waals surface area contributed by atoms with Gasteiger partial charge in [-0.25, -0.2) is 5.43 Å². The summed E-state index contributed by atoms with van der Waals surface area (Å²) < 4.78 is 6.12. The van der Waals surface area contributed by atoms with Gasteiger partial charge in [0.25, 0.3) is 5.91 Å². The third-order valence-corrected chi connectivity index (χ3v) is 3.18. The Balaban J connectivity index is 1.83. The largest absolute Gasteiger partial charge is 0.507 e. The van der Waals surface area contributed by atoms with E-state index in [1.54, 1.807) is 30.3 Å². The molecule has 0 spiro atoms. The summed E-state index contributed by atoms with van der Waals surface area (Å²) in [6, 6.07) is 13.9. The van der Waals surface area contributed by atoms with Crippen molar-refractivity contribution in [1.82, 2.24) is 5.43 Å². The van der Waals surface area contributed by atoms with Crippen molar-refractivity contribution in [3.05, 3.63) is 58.6 Å². The van der Waals surface area contributed by atoms with Crippen LogP contribution >= 0.6 is 15.9 Å². The molecule has 0 atom stereocenters. The molecule has 0 aliphatic rings. The van der Waals surface area contributed by atoms with Crippen LogP contribution in [-0.2, 0) is 4.79 Å². The normalized spacial score (nSPS) is 10.5. The molecule has 5 nitrogen and oxygen atoms in total. The molecular weight excluding hydrogens is 336 g/mol. The number of hydrogen-bond donors (Lipinski definition) is 2. The van der Waals surface area contributed by atoms with Crippen LogP contribution in [0.15, 0.2) is 58.1 Å².